The molecule has 0 aliphatic carbocycles. The van der Waals surface area contributed by atoms with E-state index in [1.54, 1.807) is 6.07 Å². The van der Waals surface area contributed by atoms with Gasteiger partial charge in [0.15, 0.2) is 0 Å². The molecule has 1 aromatic heterocycles. The van der Waals surface area contributed by atoms with Gasteiger partial charge in [-0.1, -0.05) is 17.8 Å². The number of halogens is 2. The maximum Gasteiger partial charge on any atom is 0.269 e. The number of thioether (sulfide) groups is 1. The van der Waals surface area contributed by atoms with Crippen LogP contribution < -0.4 is 10.9 Å². The first-order valence-corrected chi connectivity index (χ1v) is 8.53. The number of benzene rings is 2. The molecule has 0 spiro atoms. The molecule has 0 aliphatic rings. The lowest BCUT2D eigenvalue weighted by atomic mass is 10.2. The van der Waals surface area contributed by atoms with E-state index in [-0.39, 0.29) is 16.5 Å². The molecule has 138 valence electrons. The van der Waals surface area contributed by atoms with Crippen LogP contribution in [0.15, 0.2) is 53.7 Å². The highest BCUT2D eigenvalue weighted by atomic mass is 32.2. The van der Waals surface area contributed by atoms with E-state index in [1.807, 2.05) is 0 Å². The van der Waals surface area contributed by atoms with Crippen molar-refractivity contribution in [3.63, 3.8) is 0 Å². The van der Waals surface area contributed by atoms with Crippen molar-refractivity contribution in [2.75, 3.05) is 5.75 Å². The van der Waals surface area contributed by atoms with Crippen molar-refractivity contribution in [2.24, 2.45) is 0 Å². The van der Waals surface area contributed by atoms with Gasteiger partial charge in [0.25, 0.3) is 5.91 Å². The molecule has 8 nitrogen and oxygen atoms in total. The first kappa shape index (κ1) is 18.5. The van der Waals surface area contributed by atoms with Gasteiger partial charge in [-0.05, 0) is 52.9 Å². The number of tetrazole rings is 1. The molecule has 2 aromatic carbocycles. The summed E-state index contributed by atoms with van der Waals surface area (Å²) in [7, 11) is 0. The van der Waals surface area contributed by atoms with E-state index >= 15 is 0 Å². The lowest BCUT2D eigenvalue weighted by molar-refractivity contribution is -0.119. The van der Waals surface area contributed by atoms with Crippen molar-refractivity contribution in [2.45, 2.75) is 5.16 Å². The molecular weight excluding hydrogens is 378 g/mol. The zero-order valence-electron chi connectivity index (χ0n) is 13.6. The van der Waals surface area contributed by atoms with Crippen LogP contribution in [-0.2, 0) is 4.79 Å². The second-order valence-corrected chi connectivity index (χ2v) is 6.09. The van der Waals surface area contributed by atoms with E-state index in [1.165, 1.54) is 35.0 Å². The molecule has 0 unspecified atom stereocenters. The standard InChI is InChI=1S/C16H12F2N6O2S/c17-11-6-4-10(5-7-11)15(26)20-19-14(25)9-27-16-21-22-23-24(16)13-3-1-2-12(18)8-13/h1-8H,9H2,(H,19,25)(H,20,26). The summed E-state index contributed by atoms with van der Waals surface area (Å²) < 4.78 is 27.5. The summed E-state index contributed by atoms with van der Waals surface area (Å²) in [5.41, 5.74) is 5.06. The Hall–Kier alpha value is -3.34. The number of hydrazine groups is 1. The Kier molecular flexibility index (Phi) is 5.71. The third kappa shape index (κ3) is 4.85. The maximum atomic E-state index is 13.3. The molecule has 0 bridgehead atoms. The Labute approximate surface area is 155 Å². The van der Waals surface area contributed by atoms with Gasteiger partial charge in [0, 0.05) is 5.56 Å². The van der Waals surface area contributed by atoms with E-state index < -0.39 is 23.4 Å². The highest BCUT2D eigenvalue weighted by molar-refractivity contribution is 7.99. The second-order valence-electron chi connectivity index (χ2n) is 5.15. The second kappa shape index (κ2) is 8.36. The van der Waals surface area contributed by atoms with Crippen LogP contribution in [0.1, 0.15) is 10.4 Å². The van der Waals surface area contributed by atoms with E-state index in [2.05, 4.69) is 26.4 Å². The summed E-state index contributed by atoms with van der Waals surface area (Å²) in [4.78, 5) is 23.7. The summed E-state index contributed by atoms with van der Waals surface area (Å²) in [6.45, 7) is 0. The molecule has 0 atom stereocenters. The number of hydrogen-bond acceptors (Lipinski definition) is 6. The Balaban J connectivity index is 1.53. The number of nitrogens with one attached hydrogen (secondary N) is 2. The highest BCUT2D eigenvalue weighted by Gasteiger charge is 2.13. The molecule has 3 aromatic rings. The van der Waals surface area contributed by atoms with Crippen molar-refractivity contribution in [1.82, 2.24) is 31.1 Å². The molecule has 0 saturated heterocycles. The van der Waals surface area contributed by atoms with Crippen LogP contribution in [0.5, 0.6) is 0 Å². The van der Waals surface area contributed by atoms with E-state index in [0.717, 1.165) is 23.9 Å². The van der Waals surface area contributed by atoms with Crippen molar-refractivity contribution >= 4 is 23.6 Å². The fourth-order valence-electron chi connectivity index (χ4n) is 2.00. The summed E-state index contributed by atoms with van der Waals surface area (Å²) in [6.07, 6.45) is 0. The average Bonchev–Trinajstić information content (AvgIpc) is 3.13. The fraction of sp³-hybridized carbons (Fsp3) is 0.0625. The summed E-state index contributed by atoms with van der Waals surface area (Å²) in [6, 6.07) is 10.5. The Morgan fingerprint density at radius 2 is 1.81 bits per heavy atom. The largest absolute Gasteiger partial charge is 0.272 e. The number of carbonyl (C=O) groups excluding carboxylic acids is 2. The molecule has 0 radical (unpaired) electrons. The lowest BCUT2D eigenvalue weighted by Gasteiger charge is -2.07. The molecule has 0 saturated carbocycles. The first-order valence-electron chi connectivity index (χ1n) is 7.55. The van der Waals surface area contributed by atoms with Gasteiger partial charge in [-0.3, -0.25) is 20.4 Å². The molecule has 11 heteroatoms. The van der Waals surface area contributed by atoms with Crippen molar-refractivity contribution in [1.29, 1.82) is 0 Å². The average molecular weight is 390 g/mol. The van der Waals surface area contributed by atoms with Crippen LogP contribution in [0.25, 0.3) is 5.69 Å². The number of nitrogens with zero attached hydrogens (tertiary/aromatic N) is 4. The van der Waals surface area contributed by atoms with Crippen LogP contribution in [-0.4, -0.2) is 37.8 Å². The number of rotatable bonds is 5. The predicted molar refractivity (Wildman–Crippen MR) is 91.8 cm³/mol. The van der Waals surface area contributed by atoms with Gasteiger partial charge in [0.1, 0.15) is 11.6 Å². The lowest BCUT2D eigenvalue weighted by Crippen LogP contribution is -2.42. The van der Waals surface area contributed by atoms with E-state index in [9.17, 15) is 18.4 Å². The zero-order chi connectivity index (χ0) is 19.2. The van der Waals surface area contributed by atoms with Crippen molar-refractivity contribution < 1.29 is 18.4 Å². The molecule has 0 fully saturated rings. The molecule has 3 rings (SSSR count). The van der Waals surface area contributed by atoms with Gasteiger partial charge in [0.2, 0.25) is 11.1 Å². The van der Waals surface area contributed by atoms with E-state index in [4.69, 9.17) is 0 Å². The van der Waals surface area contributed by atoms with Crippen molar-refractivity contribution in [3.05, 3.63) is 65.7 Å². The molecule has 27 heavy (non-hydrogen) atoms. The molecule has 1 heterocycles. The first-order chi connectivity index (χ1) is 13.0. The molecule has 0 aliphatic heterocycles. The number of aromatic nitrogens is 4. The van der Waals surface area contributed by atoms with E-state index in [0.29, 0.717) is 5.69 Å². The van der Waals surface area contributed by atoms with Gasteiger partial charge in [-0.15, -0.1) is 5.10 Å². The van der Waals surface area contributed by atoms with Gasteiger partial charge in [0.05, 0.1) is 11.4 Å². The third-order valence-corrected chi connectivity index (χ3v) is 4.17. The Morgan fingerprint density at radius 1 is 1.04 bits per heavy atom. The minimum atomic E-state index is -0.585. The minimum Gasteiger partial charge on any atom is -0.272 e. The SMILES string of the molecule is O=C(CSc1nnnn1-c1cccc(F)c1)NNC(=O)c1ccc(F)cc1. The van der Waals surface area contributed by atoms with Gasteiger partial charge < -0.3 is 0 Å². The fourth-order valence-corrected chi connectivity index (χ4v) is 2.70. The van der Waals surface area contributed by atoms with Crippen LogP contribution >= 0.6 is 11.8 Å². The summed E-state index contributed by atoms with van der Waals surface area (Å²) in [5.74, 6) is -2.11. The van der Waals surface area contributed by atoms with Crippen LogP contribution in [0.4, 0.5) is 8.78 Å². The minimum absolute atomic E-state index is 0.0978. The Bertz CT molecular complexity index is 964. The number of amides is 2. The van der Waals surface area contributed by atoms with Crippen LogP contribution in [0, 0.1) is 11.6 Å². The molecule has 2 N–H and O–H groups in total. The smallest absolute Gasteiger partial charge is 0.269 e. The number of carbonyl (C=O) groups is 2. The van der Waals surface area contributed by atoms with Gasteiger partial charge in [-0.2, -0.15) is 4.68 Å². The van der Waals surface area contributed by atoms with Crippen LogP contribution in [0.3, 0.4) is 0 Å². The maximum absolute atomic E-state index is 13.3. The van der Waals surface area contributed by atoms with Crippen LogP contribution in [0.2, 0.25) is 0 Å². The quantitative estimate of drug-likeness (QED) is 0.506. The predicted octanol–water partition coefficient (Wildman–Crippen LogP) is 1.49. The monoisotopic (exact) mass is 390 g/mol. The molecular formula is C16H12F2N6O2S. The highest BCUT2D eigenvalue weighted by Crippen LogP contribution is 2.18. The normalized spacial score (nSPS) is 10.4. The number of hydrogen-bond donors (Lipinski definition) is 2. The van der Waals surface area contributed by atoms with Crippen molar-refractivity contribution in [3.8, 4) is 5.69 Å². The summed E-state index contributed by atoms with van der Waals surface area (Å²) in [5, 5.41) is 11.3. The third-order valence-electron chi connectivity index (χ3n) is 3.25. The topological polar surface area (TPSA) is 102 Å². The Morgan fingerprint density at radius 3 is 2.56 bits per heavy atom. The van der Waals surface area contributed by atoms with Gasteiger partial charge >= 0.3 is 0 Å². The zero-order valence-corrected chi connectivity index (χ0v) is 14.4. The van der Waals surface area contributed by atoms with Gasteiger partial charge in [-0.25, -0.2) is 8.78 Å². The summed E-state index contributed by atoms with van der Waals surface area (Å²) >= 11 is 1.00. The molecule has 2 amide bonds.